The van der Waals surface area contributed by atoms with E-state index in [2.05, 4.69) is 9.46 Å². The van der Waals surface area contributed by atoms with Crippen molar-refractivity contribution >= 4 is 16.0 Å². The van der Waals surface area contributed by atoms with Crippen molar-refractivity contribution in [3.8, 4) is 0 Å². The van der Waals surface area contributed by atoms with Crippen molar-refractivity contribution in [2.24, 2.45) is 5.73 Å². The summed E-state index contributed by atoms with van der Waals surface area (Å²) < 4.78 is 29.0. The second kappa shape index (κ2) is 6.74. The Morgan fingerprint density at radius 3 is 2.64 bits per heavy atom. The van der Waals surface area contributed by atoms with E-state index in [-0.39, 0.29) is 13.2 Å². The second-order valence-corrected chi connectivity index (χ2v) is 4.41. The molecule has 0 aromatic rings. The topological polar surface area (TPSA) is 98.5 Å². The van der Waals surface area contributed by atoms with Crippen molar-refractivity contribution in [3.63, 3.8) is 0 Å². The fraction of sp³-hybridized carbons (Fsp3) is 0.857. The lowest BCUT2D eigenvalue weighted by Gasteiger charge is -2.05. The minimum absolute atomic E-state index is 0.178. The highest BCUT2D eigenvalue weighted by Gasteiger charge is 2.16. The van der Waals surface area contributed by atoms with Crippen LogP contribution in [0.15, 0.2) is 0 Å². The molecule has 0 aliphatic heterocycles. The van der Waals surface area contributed by atoms with Crippen LogP contribution >= 0.6 is 0 Å². The zero-order chi connectivity index (χ0) is 11.0. The third kappa shape index (κ3) is 6.81. The van der Waals surface area contributed by atoms with Crippen molar-refractivity contribution in [1.29, 1.82) is 0 Å². The Bertz CT molecular complexity index is 263. The SMILES string of the molecule is CCOC(=O)CS(=O)(=O)NCCCN. The van der Waals surface area contributed by atoms with Gasteiger partial charge in [-0.05, 0) is 19.9 Å². The van der Waals surface area contributed by atoms with Crippen molar-refractivity contribution in [1.82, 2.24) is 4.72 Å². The van der Waals surface area contributed by atoms with E-state index in [9.17, 15) is 13.2 Å². The summed E-state index contributed by atoms with van der Waals surface area (Å²) in [6.07, 6.45) is 0.544. The first-order valence-corrected chi connectivity index (χ1v) is 6.00. The highest BCUT2D eigenvalue weighted by atomic mass is 32.2. The average Bonchev–Trinajstić information content (AvgIpc) is 2.03. The molecule has 0 bridgehead atoms. The zero-order valence-corrected chi connectivity index (χ0v) is 8.97. The van der Waals surface area contributed by atoms with Gasteiger partial charge in [-0.3, -0.25) is 4.79 Å². The molecule has 0 radical (unpaired) electrons. The summed E-state index contributed by atoms with van der Waals surface area (Å²) >= 11 is 0. The van der Waals surface area contributed by atoms with E-state index < -0.39 is 21.7 Å². The van der Waals surface area contributed by atoms with Gasteiger partial charge in [0.05, 0.1) is 6.61 Å². The molecule has 0 rings (SSSR count). The maximum Gasteiger partial charge on any atom is 0.322 e. The molecule has 0 aliphatic carbocycles. The molecule has 0 aromatic heterocycles. The smallest absolute Gasteiger partial charge is 0.322 e. The molecule has 0 atom stereocenters. The van der Waals surface area contributed by atoms with Gasteiger partial charge in [0.15, 0.2) is 5.75 Å². The molecule has 14 heavy (non-hydrogen) atoms. The lowest BCUT2D eigenvalue weighted by atomic mass is 10.4. The second-order valence-electron chi connectivity index (χ2n) is 2.60. The standard InChI is InChI=1S/C7H16N2O4S/c1-2-13-7(10)6-14(11,12)9-5-3-4-8/h9H,2-6,8H2,1H3. The van der Waals surface area contributed by atoms with Crippen LogP contribution in [0.4, 0.5) is 0 Å². The zero-order valence-electron chi connectivity index (χ0n) is 8.15. The van der Waals surface area contributed by atoms with E-state index in [4.69, 9.17) is 5.73 Å². The molecule has 0 fully saturated rings. The molecule has 0 saturated carbocycles. The highest BCUT2D eigenvalue weighted by molar-refractivity contribution is 7.90. The van der Waals surface area contributed by atoms with Crippen molar-refractivity contribution in [3.05, 3.63) is 0 Å². The molecule has 0 spiro atoms. The molecule has 0 unspecified atom stereocenters. The van der Waals surface area contributed by atoms with Gasteiger partial charge in [0.25, 0.3) is 0 Å². The van der Waals surface area contributed by atoms with Crippen LogP contribution in [0.1, 0.15) is 13.3 Å². The summed E-state index contributed by atoms with van der Waals surface area (Å²) in [7, 11) is -3.56. The van der Waals surface area contributed by atoms with Gasteiger partial charge in [-0.1, -0.05) is 0 Å². The Balaban J connectivity index is 3.89. The number of carbonyl (C=O) groups is 1. The third-order valence-electron chi connectivity index (χ3n) is 1.32. The highest BCUT2D eigenvalue weighted by Crippen LogP contribution is 1.88. The number of carbonyl (C=O) groups excluding carboxylic acids is 1. The fourth-order valence-corrected chi connectivity index (χ4v) is 1.69. The number of esters is 1. The number of nitrogens with two attached hydrogens (primary N) is 1. The van der Waals surface area contributed by atoms with Crippen LogP contribution in [0.3, 0.4) is 0 Å². The van der Waals surface area contributed by atoms with Crippen LogP contribution in [0.25, 0.3) is 0 Å². The first-order chi connectivity index (χ1) is 6.52. The van der Waals surface area contributed by atoms with Gasteiger partial charge in [0, 0.05) is 6.54 Å². The van der Waals surface area contributed by atoms with E-state index in [1.807, 2.05) is 0 Å². The number of nitrogens with one attached hydrogen (secondary N) is 1. The molecular formula is C7H16N2O4S. The number of hydrogen-bond acceptors (Lipinski definition) is 5. The molecule has 0 aliphatic rings. The Kier molecular flexibility index (Phi) is 6.43. The van der Waals surface area contributed by atoms with Crippen LogP contribution < -0.4 is 10.5 Å². The quantitative estimate of drug-likeness (QED) is 0.419. The van der Waals surface area contributed by atoms with E-state index in [1.54, 1.807) is 6.92 Å². The van der Waals surface area contributed by atoms with E-state index >= 15 is 0 Å². The molecule has 0 heterocycles. The maximum absolute atomic E-state index is 11.1. The summed E-state index contributed by atoms with van der Waals surface area (Å²) in [5.74, 6) is -1.38. The number of hydrogen-bond donors (Lipinski definition) is 2. The van der Waals surface area contributed by atoms with Gasteiger partial charge < -0.3 is 10.5 Å². The van der Waals surface area contributed by atoms with E-state index in [0.717, 1.165) is 0 Å². The average molecular weight is 224 g/mol. The Labute approximate surface area is 83.9 Å². The Morgan fingerprint density at radius 1 is 1.50 bits per heavy atom. The van der Waals surface area contributed by atoms with E-state index in [0.29, 0.717) is 13.0 Å². The van der Waals surface area contributed by atoms with Gasteiger partial charge in [0.1, 0.15) is 0 Å². The summed E-state index contributed by atoms with van der Waals surface area (Å²) in [4.78, 5) is 10.8. The van der Waals surface area contributed by atoms with E-state index in [1.165, 1.54) is 0 Å². The lowest BCUT2D eigenvalue weighted by Crippen LogP contribution is -2.32. The van der Waals surface area contributed by atoms with Gasteiger partial charge in [0.2, 0.25) is 10.0 Å². The van der Waals surface area contributed by atoms with Crippen molar-refractivity contribution in [2.75, 3.05) is 25.4 Å². The van der Waals surface area contributed by atoms with Crippen molar-refractivity contribution in [2.45, 2.75) is 13.3 Å². The third-order valence-corrected chi connectivity index (χ3v) is 2.58. The lowest BCUT2D eigenvalue weighted by molar-refractivity contribution is -0.139. The summed E-state index contributed by atoms with van der Waals surface area (Å²) in [5.41, 5.74) is 5.18. The van der Waals surface area contributed by atoms with Crippen LogP contribution in [0.5, 0.6) is 0 Å². The normalized spacial score (nSPS) is 11.3. The van der Waals surface area contributed by atoms with Crippen LogP contribution in [0, 0.1) is 0 Å². The fourth-order valence-electron chi connectivity index (χ4n) is 0.739. The van der Waals surface area contributed by atoms with Gasteiger partial charge in [-0.15, -0.1) is 0 Å². The summed E-state index contributed by atoms with van der Waals surface area (Å²) in [5, 5.41) is 0. The predicted molar refractivity (Wildman–Crippen MR) is 52.1 cm³/mol. The van der Waals surface area contributed by atoms with Crippen LogP contribution in [-0.2, 0) is 19.6 Å². The first-order valence-electron chi connectivity index (χ1n) is 4.35. The summed E-state index contributed by atoms with van der Waals surface area (Å²) in [6.45, 7) is 2.45. The van der Waals surface area contributed by atoms with Crippen LogP contribution in [-0.4, -0.2) is 39.8 Å². The monoisotopic (exact) mass is 224 g/mol. The molecule has 6 nitrogen and oxygen atoms in total. The molecule has 84 valence electrons. The minimum Gasteiger partial charge on any atom is -0.465 e. The number of rotatable bonds is 7. The van der Waals surface area contributed by atoms with Gasteiger partial charge >= 0.3 is 5.97 Å². The molecular weight excluding hydrogens is 208 g/mol. The largest absolute Gasteiger partial charge is 0.465 e. The number of sulfonamides is 1. The van der Waals surface area contributed by atoms with Crippen molar-refractivity contribution < 1.29 is 17.9 Å². The van der Waals surface area contributed by atoms with Gasteiger partial charge in [-0.2, -0.15) is 0 Å². The molecule has 0 saturated heterocycles. The van der Waals surface area contributed by atoms with Gasteiger partial charge in [-0.25, -0.2) is 13.1 Å². The molecule has 7 heteroatoms. The van der Waals surface area contributed by atoms with Crippen LogP contribution in [0.2, 0.25) is 0 Å². The molecule has 3 N–H and O–H groups in total. The predicted octanol–water partition coefficient (Wildman–Crippen LogP) is -1.18. The molecule has 0 amide bonds. The minimum atomic E-state index is -3.56. The Hall–Kier alpha value is -0.660. The summed E-state index contributed by atoms with van der Waals surface area (Å²) in [6, 6.07) is 0. The Morgan fingerprint density at radius 2 is 2.14 bits per heavy atom. The maximum atomic E-state index is 11.1. The molecule has 0 aromatic carbocycles. The first kappa shape index (κ1) is 13.3. The number of ether oxygens (including phenoxy) is 1.